The highest BCUT2D eigenvalue weighted by Crippen LogP contribution is 2.41. The van der Waals surface area contributed by atoms with Gasteiger partial charge in [0, 0.05) is 19.0 Å². The number of halogens is 3. The zero-order valence-corrected chi connectivity index (χ0v) is 14.3. The molecule has 3 heterocycles. The fourth-order valence-electron chi connectivity index (χ4n) is 3.54. The Labute approximate surface area is 153 Å². The number of hydrogen-bond acceptors (Lipinski definition) is 4. The van der Waals surface area contributed by atoms with Crippen LogP contribution in [-0.4, -0.2) is 30.6 Å². The molecule has 5 nitrogen and oxygen atoms in total. The standard InChI is InChI=1S/C19H17F3N2O3/c20-19(21,22)13-3-4-16-15(10-13)24(7-9-26-16)18(25)14-5-8-27-17(14)12-2-1-6-23-11-12/h1-4,6,10-11,14,17H,5,7-9H2/t14-,17+/m0/s1. The van der Waals surface area contributed by atoms with Gasteiger partial charge in [-0.1, -0.05) is 6.07 Å². The van der Waals surface area contributed by atoms with E-state index in [1.807, 2.05) is 6.07 Å². The SMILES string of the molecule is O=C([C@H]1CCO[C@@H]1c1cccnc1)N1CCOc2ccc(C(F)(F)F)cc21. The molecule has 142 valence electrons. The average Bonchev–Trinajstić information content (AvgIpc) is 3.16. The molecule has 8 heteroatoms. The molecule has 2 atom stereocenters. The molecule has 4 rings (SSSR count). The number of ether oxygens (including phenoxy) is 2. The van der Waals surface area contributed by atoms with Crippen LogP contribution in [0.2, 0.25) is 0 Å². The van der Waals surface area contributed by atoms with E-state index in [-0.39, 0.29) is 30.5 Å². The maximum Gasteiger partial charge on any atom is 0.416 e. The summed E-state index contributed by atoms with van der Waals surface area (Å²) < 4.78 is 50.5. The van der Waals surface area contributed by atoms with Crippen molar-refractivity contribution in [1.29, 1.82) is 0 Å². The highest BCUT2D eigenvalue weighted by atomic mass is 19.4. The fraction of sp³-hybridized carbons (Fsp3) is 0.368. The minimum absolute atomic E-state index is 0.151. The molecule has 2 aliphatic heterocycles. The van der Waals surface area contributed by atoms with Gasteiger partial charge in [-0.3, -0.25) is 9.78 Å². The molecule has 1 saturated heterocycles. The van der Waals surface area contributed by atoms with Gasteiger partial charge in [0.05, 0.1) is 29.8 Å². The number of anilines is 1. The maximum atomic E-state index is 13.2. The Hall–Kier alpha value is -2.61. The number of amides is 1. The number of rotatable bonds is 2. The van der Waals surface area contributed by atoms with Gasteiger partial charge in [0.15, 0.2) is 0 Å². The first-order valence-corrected chi connectivity index (χ1v) is 8.62. The van der Waals surface area contributed by atoms with Crippen molar-refractivity contribution in [3.8, 4) is 5.75 Å². The summed E-state index contributed by atoms with van der Waals surface area (Å²) in [5, 5.41) is 0. The number of carbonyl (C=O) groups excluding carboxylic acids is 1. The van der Waals surface area contributed by atoms with Crippen molar-refractivity contribution in [1.82, 2.24) is 4.98 Å². The molecule has 1 aromatic heterocycles. The highest BCUT2D eigenvalue weighted by Gasteiger charge is 2.40. The first-order chi connectivity index (χ1) is 12.9. The van der Waals surface area contributed by atoms with Gasteiger partial charge in [0.2, 0.25) is 5.91 Å². The molecule has 2 aliphatic rings. The van der Waals surface area contributed by atoms with E-state index in [1.54, 1.807) is 18.5 Å². The summed E-state index contributed by atoms with van der Waals surface area (Å²) in [7, 11) is 0. The van der Waals surface area contributed by atoms with E-state index < -0.39 is 23.8 Å². The largest absolute Gasteiger partial charge is 0.490 e. The third kappa shape index (κ3) is 3.37. The monoisotopic (exact) mass is 378 g/mol. The Morgan fingerprint density at radius 3 is 2.81 bits per heavy atom. The summed E-state index contributed by atoms with van der Waals surface area (Å²) in [6, 6.07) is 6.79. The summed E-state index contributed by atoms with van der Waals surface area (Å²) in [5.74, 6) is -0.459. The van der Waals surface area contributed by atoms with E-state index in [9.17, 15) is 18.0 Å². The lowest BCUT2D eigenvalue weighted by Crippen LogP contribution is -2.42. The van der Waals surface area contributed by atoms with Crippen molar-refractivity contribution >= 4 is 11.6 Å². The molecule has 1 fully saturated rings. The Kier molecular flexibility index (Phi) is 4.51. The van der Waals surface area contributed by atoms with Gasteiger partial charge in [0.25, 0.3) is 0 Å². The molecule has 1 aromatic carbocycles. The van der Waals surface area contributed by atoms with Gasteiger partial charge in [-0.15, -0.1) is 0 Å². The molecule has 0 saturated carbocycles. The van der Waals surface area contributed by atoms with E-state index in [1.165, 1.54) is 11.0 Å². The predicted octanol–water partition coefficient (Wildman–Crippen LogP) is 3.60. The lowest BCUT2D eigenvalue weighted by atomic mass is 9.94. The number of alkyl halides is 3. The van der Waals surface area contributed by atoms with Crippen molar-refractivity contribution in [2.24, 2.45) is 5.92 Å². The van der Waals surface area contributed by atoms with Gasteiger partial charge in [-0.25, -0.2) is 0 Å². The predicted molar refractivity (Wildman–Crippen MR) is 90.3 cm³/mol. The van der Waals surface area contributed by atoms with E-state index in [0.717, 1.165) is 17.7 Å². The van der Waals surface area contributed by atoms with E-state index >= 15 is 0 Å². The Morgan fingerprint density at radius 1 is 1.22 bits per heavy atom. The zero-order chi connectivity index (χ0) is 19.0. The van der Waals surface area contributed by atoms with Crippen molar-refractivity contribution in [2.75, 3.05) is 24.7 Å². The lowest BCUT2D eigenvalue weighted by molar-refractivity contribution is -0.137. The quantitative estimate of drug-likeness (QED) is 0.801. The number of hydrogen-bond donors (Lipinski definition) is 0. The lowest BCUT2D eigenvalue weighted by Gasteiger charge is -2.33. The number of carbonyl (C=O) groups is 1. The van der Waals surface area contributed by atoms with Gasteiger partial charge in [-0.05, 0) is 36.2 Å². The molecule has 0 bridgehead atoms. The first kappa shape index (κ1) is 17.8. The van der Waals surface area contributed by atoms with E-state index in [2.05, 4.69) is 4.98 Å². The topological polar surface area (TPSA) is 51.7 Å². The highest BCUT2D eigenvalue weighted by molar-refractivity contribution is 5.97. The number of fused-ring (bicyclic) bond motifs is 1. The van der Waals surface area contributed by atoms with Crippen LogP contribution in [0, 0.1) is 5.92 Å². The van der Waals surface area contributed by atoms with Crippen LogP contribution in [0.15, 0.2) is 42.7 Å². The Bertz CT molecular complexity index is 842. The Morgan fingerprint density at radius 2 is 2.07 bits per heavy atom. The average molecular weight is 378 g/mol. The fourth-order valence-corrected chi connectivity index (χ4v) is 3.54. The van der Waals surface area contributed by atoms with Crippen LogP contribution in [0.1, 0.15) is 23.7 Å². The second-order valence-corrected chi connectivity index (χ2v) is 6.49. The van der Waals surface area contributed by atoms with Crippen molar-refractivity contribution in [2.45, 2.75) is 18.7 Å². The minimum Gasteiger partial charge on any atom is -0.490 e. The number of nitrogens with zero attached hydrogens (tertiary/aromatic N) is 2. The van der Waals surface area contributed by atoms with Gasteiger partial charge in [0.1, 0.15) is 12.4 Å². The van der Waals surface area contributed by atoms with Gasteiger partial charge in [-0.2, -0.15) is 13.2 Å². The molecule has 2 aromatic rings. The summed E-state index contributed by atoms with van der Waals surface area (Å²) >= 11 is 0. The summed E-state index contributed by atoms with van der Waals surface area (Å²) in [6.45, 7) is 0.842. The molecule has 0 radical (unpaired) electrons. The van der Waals surface area contributed by atoms with Crippen molar-refractivity contribution in [3.05, 3.63) is 53.9 Å². The van der Waals surface area contributed by atoms with E-state index in [4.69, 9.17) is 9.47 Å². The van der Waals surface area contributed by atoms with Crippen LogP contribution >= 0.6 is 0 Å². The number of aromatic nitrogens is 1. The normalized spacial score (nSPS) is 22.3. The van der Waals surface area contributed by atoms with Gasteiger partial charge < -0.3 is 14.4 Å². The van der Waals surface area contributed by atoms with Crippen LogP contribution < -0.4 is 9.64 Å². The molecular formula is C19H17F3N2O3. The maximum absolute atomic E-state index is 13.2. The third-order valence-electron chi connectivity index (χ3n) is 4.84. The van der Waals surface area contributed by atoms with Crippen LogP contribution in [0.3, 0.4) is 0 Å². The smallest absolute Gasteiger partial charge is 0.416 e. The van der Waals surface area contributed by atoms with Crippen LogP contribution in [-0.2, 0) is 15.7 Å². The minimum atomic E-state index is -4.49. The second kappa shape index (κ2) is 6.84. The van der Waals surface area contributed by atoms with Crippen LogP contribution in [0.5, 0.6) is 5.75 Å². The number of pyridine rings is 1. The summed E-state index contributed by atoms with van der Waals surface area (Å²) in [6.07, 6.45) is -1.17. The molecule has 0 unspecified atom stereocenters. The zero-order valence-electron chi connectivity index (χ0n) is 14.3. The second-order valence-electron chi connectivity index (χ2n) is 6.49. The first-order valence-electron chi connectivity index (χ1n) is 8.62. The molecule has 1 amide bonds. The molecular weight excluding hydrogens is 361 g/mol. The Balaban J connectivity index is 1.65. The van der Waals surface area contributed by atoms with E-state index in [0.29, 0.717) is 13.0 Å². The molecule has 0 spiro atoms. The molecule has 0 N–H and O–H groups in total. The third-order valence-corrected chi connectivity index (χ3v) is 4.84. The van der Waals surface area contributed by atoms with Crippen molar-refractivity contribution in [3.63, 3.8) is 0 Å². The summed E-state index contributed by atoms with van der Waals surface area (Å²) in [5.41, 5.74) is 0.125. The van der Waals surface area contributed by atoms with Crippen molar-refractivity contribution < 1.29 is 27.4 Å². The molecule has 0 aliphatic carbocycles. The van der Waals surface area contributed by atoms with Gasteiger partial charge >= 0.3 is 6.18 Å². The summed E-state index contributed by atoms with van der Waals surface area (Å²) in [4.78, 5) is 18.6. The van der Waals surface area contributed by atoms with Crippen LogP contribution in [0.4, 0.5) is 18.9 Å². The number of benzene rings is 1. The molecule has 27 heavy (non-hydrogen) atoms. The van der Waals surface area contributed by atoms with Crippen LogP contribution in [0.25, 0.3) is 0 Å².